The number of thioether (sulfide) groups is 1. The number of nitrogens with one attached hydrogen (secondary N) is 1. The first kappa shape index (κ1) is 15.9. The number of hydrogen-bond donors (Lipinski definition) is 1. The van der Waals surface area contributed by atoms with Gasteiger partial charge in [-0.2, -0.15) is 5.10 Å². The van der Waals surface area contributed by atoms with Gasteiger partial charge in [-0.1, -0.05) is 35.3 Å². The molecular formula is C15H12Cl2N2OS. The predicted molar refractivity (Wildman–Crippen MR) is 89.4 cm³/mol. The van der Waals surface area contributed by atoms with E-state index in [1.807, 2.05) is 24.3 Å². The molecule has 21 heavy (non-hydrogen) atoms. The maximum Gasteiger partial charge on any atom is 0.250 e. The molecule has 0 aromatic heterocycles. The summed E-state index contributed by atoms with van der Waals surface area (Å²) in [6, 6.07) is 14.5. The van der Waals surface area contributed by atoms with Crippen molar-refractivity contribution in [1.29, 1.82) is 0 Å². The van der Waals surface area contributed by atoms with Crippen molar-refractivity contribution < 1.29 is 4.79 Å². The number of benzene rings is 2. The van der Waals surface area contributed by atoms with E-state index in [9.17, 15) is 4.79 Å². The van der Waals surface area contributed by atoms with E-state index >= 15 is 0 Å². The van der Waals surface area contributed by atoms with Crippen molar-refractivity contribution in [3.63, 3.8) is 0 Å². The minimum absolute atomic E-state index is 0.167. The van der Waals surface area contributed by atoms with Crippen LogP contribution in [-0.4, -0.2) is 17.9 Å². The Labute approximate surface area is 137 Å². The van der Waals surface area contributed by atoms with E-state index in [0.29, 0.717) is 15.8 Å². The molecule has 0 spiro atoms. The van der Waals surface area contributed by atoms with Gasteiger partial charge in [0.25, 0.3) is 0 Å². The number of halogens is 2. The first-order valence-corrected chi connectivity index (χ1v) is 7.83. The van der Waals surface area contributed by atoms with Gasteiger partial charge in [0.15, 0.2) is 0 Å². The first-order chi connectivity index (χ1) is 10.1. The average molecular weight is 339 g/mol. The van der Waals surface area contributed by atoms with Crippen molar-refractivity contribution in [2.24, 2.45) is 5.10 Å². The zero-order valence-corrected chi connectivity index (χ0v) is 13.3. The number of amides is 1. The van der Waals surface area contributed by atoms with Gasteiger partial charge < -0.3 is 0 Å². The summed E-state index contributed by atoms with van der Waals surface area (Å²) < 4.78 is 0. The lowest BCUT2D eigenvalue weighted by atomic mass is 10.2. The fourth-order valence-electron chi connectivity index (χ4n) is 1.44. The van der Waals surface area contributed by atoms with Crippen molar-refractivity contribution in [3.8, 4) is 0 Å². The monoisotopic (exact) mass is 338 g/mol. The molecule has 3 nitrogen and oxygen atoms in total. The highest BCUT2D eigenvalue weighted by atomic mass is 35.5. The highest BCUT2D eigenvalue weighted by Crippen LogP contribution is 2.19. The maximum atomic E-state index is 11.6. The fourth-order valence-corrected chi connectivity index (χ4v) is 2.38. The van der Waals surface area contributed by atoms with Crippen LogP contribution in [0.1, 0.15) is 5.56 Å². The van der Waals surface area contributed by atoms with Gasteiger partial charge in [0.2, 0.25) is 5.91 Å². The molecular weight excluding hydrogens is 327 g/mol. The predicted octanol–water partition coefficient (Wildman–Crippen LogP) is 4.24. The van der Waals surface area contributed by atoms with E-state index in [1.165, 1.54) is 11.8 Å². The Bertz CT molecular complexity index is 627. The van der Waals surface area contributed by atoms with Crippen molar-refractivity contribution in [1.82, 2.24) is 5.43 Å². The molecule has 0 radical (unpaired) electrons. The molecule has 108 valence electrons. The van der Waals surface area contributed by atoms with E-state index in [1.54, 1.807) is 30.5 Å². The van der Waals surface area contributed by atoms with Gasteiger partial charge >= 0.3 is 0 Å². The maximum absolute atomic E-state index is 11.6. The molecule has 0 aliphatic heterocycles. The lowest BCUT2D eigenvalue weighted by Crippen LogP contribution is -2.19. The topological polar surface area (TPSA) is 41.5 Å². The van der Waals surface area contributed by atoms with Crippen molar-refractivity contribution in [3.05, 3.63) is 64.1 Å². The Balaban J connectivity index is 1.77. The summed E-state index contributed by atoms with van der Waals surface area (Å²) in [6.07, 6.45) is 1.57. The van der Waals surface area contributed by atoms with Crippen LogP contribution < -0.4 is 5.43 Å². The normalized spacial score (nSPS) is 10.8. The van der Waals surface area contributed by atoms with E-state index < -0.39 is 0 Å². The number of carbonyl (C=O) groups excluding carboxylic acids is 1. The van der Waals surface area contributed by atoms with E-state index in [0.717, 1.165) is 10.5 Å². The molecule has 0 aliphatic carbocycles. The number of rotatable bonds is 5. The van der Waals surface area contributed by atoms with Gasteiger partial charge in [0.05, 0.1) is 12.0 Å². The molecule has 0 atom stereocenters. The van der Waals surface area contributed by atoms with E-state index in [-0.39, 0.29) is 5.91 Å². The fraction of sp³-hybridized carbons (Fsp3) is 0.0667. The summed E-state index contributed by atoms with van der Waals surface area (Å²) >= 11 is 13.0. The summed E-state index contributed by atoms with van der Waals surface area (Å²) in [5.41, 5.74) is 3.34. The summed E-state index contributed by atoms with van der Waals surface area (Å²) in [7, 11) is 0. The second-order valence-corrected chi connectivity index (χ2v) is 6.01. The van der Waals surface area contributed by atoms with Crippen LogP contribution in [0.15, 0.2) is 58.5 Å². The summed E-state index contributed by atoms with van der Waals surface area (Å²) in [5, 5.41) is 5.24. The van der Waals surface area contributed by atoms with Gasteiger partial charge in [-0.05, 0) is 42.0 Å². The van der Waals surface area contributed by atoms with Gasteiger partial charge in [-0.25, -0.2) is 5.43 Å². The van der Waals surface area contributed by atoms with Crippen LogP contribution in [0.25, 0.3) is 0 Å². The number of hydrogen-bond acceptors (Lipinski definition) is 3. The number of hydrazone groups is 1. The molecule has 0 unspecified atom stereocenters. The number of carbonyl (C=O) groups is 1. The second kappa shape index (κ2) is 8.08. The molecule has 2 aromatic carbocycles. The Morgan fingerprint density at radius 1 is 1.05 bits per heavy atom. The van der Waals surface area contributed by atoms with Crippen LogP contribution in [0.3, 0.4) is 0 Å². The van der Waals surface area contributed by atoms with Gasteiger partial charge in [0.1, 0.15) is 0 Å². The Hall–Kier alpha value is -1.49. The Morgan fingerprint density at radius 3 is 2.24 bits per heavy atom. The minimum atomic E-state index is -0.167. The molecule has 0 fully saturated rings. The molecule has 2 aromatic rings. The summed E-state index contributed by atoms with van der Waals surface area (Å²) in [6.45, 7) is 0. The molecule has 1 N–H and O–H groups in total. The van der Waals surface area contributed by atoms with Crippen molar-refractivity contribution >= 4 is 47.1 Å². The van der Waals surface area contributed by atoms with Crippen LogP contribution in [-0.2, 0) is 4.79 Å². The smallest absolute Gasteiger partial charge is 0.250 e. The van der Waals surface area contributed by atoms with Crippen molar-refractivity contribution in [2.45, 2.75) is 4.90 Å². The van der Waals surface area contributed by atoms with Gasteiger partial charge in [-0.15, -0.1) is 11.8 Å². The zero-order valence-electron chi connectivity index (χ0n) is 10.9. The Kier molecular flexibility index (Phi) is 6.11. The quantitative estimate of drug-likeness (QED) is 0.503. The third-order valence-corrected chi connectivity index (χ3v) is 3.97. The molecule has 2 rings (SSSR count). The molecule has 0 saturated heterocycles. The standard InChI is InChI=1S/C15H12Cl2N2OS/c16-12-3-1-11(2-4-12)9-18-19-15(20)10-21-14-7-5-13(17)6-8-14/h1-9H,10H2,(H,19,20). The van der Waals surface area contributed by atoms with E-state index in [2.05, 4.69) is 10.5 Å². The van der Waals surface area contributed by atoms with Gasteiger partial charge in [0, 0.05) is 14.9 Å². The minimum Gasteiger partial charge on any atom is -0.272 e. The number of nitrogens with zero attached hydrogens (tertiary/aromatic N) is 1. The second-order valence-electron chi connectivity index (χ2n) is 4.09. The lowest BCUT2D eigenvalue weighted by Gasteiger charge is -2.01. The summed E-state index contributed by atoms with van der Waals surface area (Å²) in [4.78, 5) is 12.6. The molecule has 0 aliphatic rings. The van der Waals surface area contributed by atoms with Crippen LogP contribution in [0.4, 0.5) is 0 Å². The zero-order chi connectivity index (χ0) is 15.1. The molecule has 0 heterocycles. The van der Waals surface area contributed by atoms with Crippen LogP contribution in [0.5, 0.6) is 0 Å². The molecule has 6 heteroatoms. The van der Waals surface area contributed by atoms with Crippen LogP contribution in [0.2, 0.25) is 10.0 Å². The lowest BCUT2D eigenvalue weighted by molar-refractivity contribution is -0.118. The highest BCUT2D eigenvalue weighted by molar-refractivity contribution is 8.00. The van der Waals surface area contributed by atoms with Gasteiger partial charge in [-0.3, -0.25) is 4.79 Å². The third kappa shape index (κ3) is 5.79. The first-order valence-electron chi connectivity index (χ1n) is 6.09. The third-order valence-electron chi connectivity index (χ3n) is 2.46. The average Bonchev–Trinajstić information content (AvgIpc) is 2.49. The molecule has 0 saturated carbocycles. The van der Waals surface area contributed by atoms with E-state index in [4.69, 9.17) is 23.2 Å². The summed E-state index contributed by atoms with van der Waals surface area (Å²) in [5.74, 6) is 0.125. The van der Waals surface area contributed by atoms with Crippen LogP contribution in [0, 0.1) is 0 Å². The largest absolute Gasteiger partial charge is 0.272 e. The molecule has 0 bridgehead atoms. The SMILES string of the molecule is O=C(CSc1ccc(Cl)cc1)NN=Cc1ccc(Cl)cc1. The van der Waals surface area contributed by atoms with Crippen LogP contribution >= 0.6 is 35.0 Å². The van der Waals surface area contributed by atoms with Crippen molar-refractivity contribution in [2.75, 3.05) is 5.75 Å². The highest BCUT2D eigenvalue weighted by Gasteiger charge is 2.01. The Morgan fingerprint density at radius 2 is 1.62 bits per heavy atom. The molecule has 1 amide bonds.